The molecule has 3 atom stereocenters. The van der Waals surface area contributed by atoms with E-state index in [1.807, 2.05) is 0 Å². The van der Waals surface area contributed by atoms with E-state index in [4.69, 9.17) is 4.74 Å². The first kappa shape index (κ1) is 13.2. The lowest BCUT2D eigenvalue weighted by Gasteiger charge is -2.54. The Hall–Kier alpha value is -0.770. The van der Waals surface area contributed by atoms with Crippen LogP contribution in [-0.2, 0) is 4.74 Å². The SMILES string of the molecule is CCC1(CNC(=O)N[C@@H]2[C@H]3CCO[C@H]3C2(C)C)CC1. The van der Waals surface area contributed by atoms with Gasteiger partial charge in [0.05, 0.1) is 6.10 Å². The molecule has 0 spiro atoms. The Labute approximate surface area is 115 Å². The predicted molar refractivity (Wildman–Crippen MR) is 73.9 cm³/mol. The van der Waals surface area contributed by atoms with Gasteiger partial charge in [-0.1, -0.05) is 20.8 Å². The Kier molecular flexibility index (Phi) is 3.04. The Balaban J connectivity index is 1.50. The number of fused-ring (bicyclic) bond motifs is 1. The smallest absolute Gasteiger partial charge is 0.315 e. The van der Waals surface area contributed by atoms with Gasteiger partial charge in [-0.15, -0.1) is 0 Å². The highest BCUT2D eigenvalue weighted by molar-refractivity contribution is 5.74. The number of ether oxygens (including phenoxy) is 1. The van der Waals surface area contributed by atoms with Gasteiger partial charge in [-0.25, -0.2) is 4.79 Å². The van der Waals surface area contributed by atoms with Crippen LogP contribution in [0, 0.1) is 16.7 Å². The van der Waals surface area contributed by atoms with E-state index < -0.39 is 0 Å². The van der Waals surface area contributed by atoms with Crippen LogP contribution in [-0.4, -0.2) is 31.3 Å². The fraction of sp³-hybridized carbons (Fsp3) is 0.933. The van der Waals surface area contributed by atoms with Crippen molar-refractivity contribution in [1.29, 1.82) is 0 Å². The van der Waals surface area contributed by atoms with Crippen molar-refractivity contribution in [3.05, 3.63) is 0 Å². The van der Waals surface area contributed by atoms with Crippen molar-refractivity contribution in [3.63, 3.8) is 0 Å². The van der Waals surface area contributed by atoms with Gasteiger partial charge in [0.2, 0.25) is 0 Å². The number of amides is 2. The molecule has 3 rings (SSSR count). The van der Waals surface area contributed by atoms with Crippen molar-refractivity contribution in [2.24, 2.45) is 16.7 Å². The third-order valence-electron chi connectivity index (χ3n) is 5.72. The molecule has 1 saturated heterocycles. The summed E-state index contributed by atoms with van der Waals surface area (Å²) in [5.41, 5.74) is 0.478. The van der Waals surface area contributed by atoms with Gasteiger partial charge in [0.25, 0.3) is 0 Å². The maximum atomic E-state index is 12.0. The largest absolute Gasteiger partial charge is 0.377 e. The topological polar surface area (TPSA) is 50.4 Å². The van der Waals surface area contributed by atoms with E-state index in [9.17, 15) is 4.79 Å². The zero-order valence-corrected chi connectivity index (χ0v) is 12.3. The highest BCUT2D eigenvalue weighted by atomic mass is 16.5. The van der Waals surface area contributed by atoms with Crippen LogP contribution in [0.3, 0.4) is 0 Å². The van der Waals surface area contributed by atoms with Crippen molar-refractivity contribution in [3.8, 4) is 0 Å². The molecular formula is C15H26N2O2. The Morgan fingerprint density at radius 2 is 2.11 bits per heavy atom. The Morgan fingerprint density at radius 3 is 2.74 bits per heavy atom. The van der Waals surface area contributed by atoms with Gasteiger partial charge in [-0.05, 0) is 31.1 Å². The van der Waals surface area contributed by atoms with E-state index in [1.54, 1.807) is 0 Å². The molecular weight excluding hydrogens is 240 g/mol. The molecule has 0 aromatic rings. The molecule has 4 heteroatoms. The summed E-state index contributed by atoms with van der Waals surface area (Å²) in [6.07, 6.45) is 5.11. The van der Waals surface area contributed by atoms with Crippen LogP contribution in [0.2, 0.25) is 0 Å². The molecule has 19 heavy (non-hydrogen) atoms. The van der Waals surface area contributed by atoms with E-state index in [1.165, 1.54) is 19.3 Å². The minimum absolute atomic E-state index is 0.00292. The third kappa shape index (κ3) is 2.14. The van der Waals surface area contributed by atoms with Crippen LogP contribution in [0.25, 0.3) is 0 Å². The lowest BCUT2D eigenvalue weighted by Crippen LogP contribution is -2.67. The summed E-state index contributed by atoms with van der Waals surface area (Å²) >= 11 is 0. The monoisotopic (exact) mass is 266 g/mol. The molecule has 2 aliphatic carbocycles. The fourth-order valence-corrected chi connectivity index (χ4v) is 3.91. The van der Waals surface area contributed by atoms with E-state index in [2.05, 4.69) is 31.4 Å². The van der Waals surface area contributed by atoms with Gasteiger partial charge in [0.15, 0.2) is 0 Å². The van der Waals surface area contributed by atoms with Crippen molar-refractivity contribution in [2.45, 2.75) is 58.6 Å². The van der Waals surface area contributed by atoms with Crippen LogP contribution < -0.4 is 10.6 Å². The minimum Gasteiger partial charge on any atom is -0.377 e. The highest BCUT2D eigenvalue weighted by Gasteiger charge is 2.59. The number of hydrogen-bond acceptors (Lipinski definition) is 2. The van der Waals surface area contributed by atoms with Crippen molar-refractivity contribution < 1.29 is 9.53 Å². The molecule has 0 aromatic heterocycles. The maximum absolute atomic E-state index is 12.0. The van der Waals surface area contributed by atoms with Gasteiger partial charge in [-0.2, -0.15) is 0 Å². The molecule has 3 fully saturated rings. The molecule has 2 N–H and O–H groups in total. The molecule has 2 amide bonds. The lowest BCUT2D eigenvalue weighted by molar-refractivity contribution is -0.108. The highest BCUT2D eigenvalue weighted by Crippen LogP contribution is 2.52. The average Bonchev–Trinajstić information content (AvgIpc) is 3.03. The molecule has 0 bridgehead atoms. The summed E-state index contributed by atoms with van der Waals surface area (Å²) in [7, 11) is 0. The number of carbonyl (C=O) groups is 1. The standard InChI is InChI=1S/C15H26N2O2/c1-4-15(6-7-15)9-16-13(18)17-11-10-5-8-19-12(10)14(11,2)3/h10-12H,4-9H2,1-3H3,(H2,16,17,18)/t10-,11-,12-/m1/s1. The minimum atomic E-state index is 0.00292. The molecule has 0 unspecified atom stereocenters. The van der Waals surface area contributed by atoms with E-state index in [0.717, 1.165) is 19.6 Å². The Bertz CT molecular complexity index is 376. The van der Waals surface area contributed by atoms with E-state index in [0.29, 0.717) is 17.4 Å². The summed E-state index contributed by atoms with van der Waals surface area (Å²) in [6.45, 7) is 8.27. The van der Waals surface area contributed by atoms with Crippen LogP contribution in [0.15, 0.2) is 0 Å². The fourth-order valence-electron chi connectivity index (χ4n) is 3.91. The van der Waals surface area contributed by atoms with E-state index in [-0.39, 0.29) is 17.5 Å². The third-order valence-corrected chi connectivity index (χ3v) is 5.72. The molecule has 1 heterocycles. The first-order valence-corrected chi connectivity index (χ1v) is 7.64. The maximum Gasteiger partial charge on any atom is 0.315 e. The number of nitrogens with one attached hydrogen (secondary N) is 2. The van der Waals surface area contributed by atoms with Crippen molar-refractivity contribution in [1.82, 2.24) is 10.6 Å². The van der Waals surface area contributed by atoms with Crippen molar-refractivity contribution >= 4 is 6.03 Å². The van der Waals surface area contributed by atoms with Crippen LogP contribution in [0.5, 0.6) is 0 Å². The molecule has 0 aromatic carbocycles. The predicted octanol–water partition coefficient (Wildman–Crippen LogP) is 2.29. The van der Waals surface area contributed by atoms with Crippen LogP contribution in [0.4, 0.5) is 4.79 Å². The molecule has 108 valence electrons. The average molecular weight is 266 g/mol. The van der Waals surface area contributed by atoms with Gasteiger partial charge < -0.3 is 15.4 Å². The first-order valence-electron chi connectivity index (χ1n) is 7.64. The van der Waals surface area contributed by atoms with Gasteiger partial charge in [0, 0.05) is 30.5 Å². The summed E-state index contributed by atoms with van der Waals surface area (Å²) in [5, 5.41) is 6.23. The van der Waals surface area contributed by atoms with Gasteiger partial charge in [-0.3, -0.25) is 0 Å². The molecule has 2 saturated carbocycles. The van der Waals surface area contributed by atoms with E-state index >= 15 is 0 Å². The molecule has 0 radical (unpaired) electrons. The zero-order valence-electron chi connectivity index (χ0n) is 12.3. The normalized spacial score (nSPS) is 37.1. The number of carbonyl (C=O) groups excluding carboxylic acids is 1. The first-order chi connectivity index (χ1) is 8.98. The number of hydrogen-bond donors (Lipinski definition) is 2. The quantitative estimate of drug-likeness (QED) is 0.820. The number of rotatable bonds is 4. The second kappa shape index (κ2) is 4.37. The number of urea groups is 1. The summed E-state index contributed by atoms with van der Waals surface area (Å²) < 4.78 is 5.75. The van der Waals surface area contributed by atoms with Gasteiger partial charge in [0.1, 0.15) is 0 Å². The summed E-state index contributed by atoms with van der Waals surface area (Å²) in [5.74, 6) is 0.516. The summed E-state index contributed by atoms with van der Waals surface area (Å²) in [6, 6.07) is 0.264. The Morgan fingerprint density at radius 1 is 1.37 bits per heavy atom. The lowest BCUT2D eigenvalue weighted by atomic mass is 9.57. The van der Waals surface area contributed by atoms with Crippen LogP contribution in [0.1, 0.15) is 46.5 Å². The van der Waals surface area contributed by atoms with Crippen molar-refractivity contribution in [2.75, 3.05) is 13.2 Å². The summed E-state index contributed by atoms with van der Waals surface area (Å²) in [4.78, 5) is 12.0. The second-order valence-electron chi connectivity index (χ2n) is 7.22. The van der Waals surface area contributed by atoms with Crippen LogP contribution >= 0.6 is 0 Å². The molecule has 3 aliphatic rings. The second-order valence-corrected chi connectivity index (χ2v) is 7.22. The molecule has 4 nitrogen and oxygen atoms in total. The zero-order chi connectivity index (χ0) is 13.7. The van der Waals surface area contributed by atoms with Gasteiger partial charge >= 0.3 is 6.03 Å². The molecule has 1 aliphatic heterocycles.